The summed E-state index contributed by atoms with van der Waals surface area (Å²) in [6.07, 6.45) is 10.7. The third-order valence-corrected chi connectivity index (χ3v) is 6.25. The zero-order valence-electron chi connectivity index (χ0n) is 18.0. The number of nitrogen functional groups attached to an aromatic ring is 1. The Kier molecular flexibility index (Phi) is 4.44. The lowest BCUT2D eigenvalue weighted by Gasteiger charge is -2.12. The maximum Gasteiger partial charge on any atom is 0.165 e. The fourth-order valence-corrected chi connectivity index (χ4v) is 4.62. The van der Waals surface area contributed by atoms with Gasteiger partial charge in [0, 0.05) is 23.0 Å². The predicted molar refractivity (Wildman–Crippen MR) is 132 cm³/mol. The van der Waals surface area contributed by atoms with Gasteiger partial charge in [-0.25, -0.2) is 15.0 Å². The van der Waals surface area contributed by atoms with Crippen LogP contribution in [0.1, 0.15) is 23.1 Å². The van der Waals surface area contributed by atoms with Crippen molar-refractivity contribution in [2.75, 3.05) is 5.73 Å². The smallest absolute Gasteiger partial charge is 0.165 e. The van der Waals surface area contributed by atoms with Crippen LogP contribution >= 0.6 is 0 Å². The molecule has 0 radical (unpaired) electrons. The molecule has 0 bridgehead atoms. The van der Waals surface area contributed by atoms with Gasteiger partial charge in [0.1, 0.15) is 11.3 Å². The van der Waals surface area contributed by atoms with Crippen LogP contribution in [-0.2, 0) is 12.8 Å². The number of aromatic nitrogens is 4. The lowest BCUT2D eigenvalue weighted by Crippen LogP contribution is -2.03. The van der Waals surface area contributed by atoms with Gasteiger partial charge in [-0.2, -0.15) is 0 Å². The number of anilines is 1. The van der Waals surface area contributed by atoms with Gasteiger partial charge in [0.15, 0.2) is 11.5 Å². The van der Waals surface area contributed by atoms with E-state index in [1.807, 2.05) is 48.5 Å². The number of aryl methyl sites for hydroxylation is 2. The number of pyridine rings is 2. The summed E-state index contributed by atoms with van der Waals surface area (Å²) in [6, 6.07) is 22.3. The summed E-state index contributed by atoms with van der Waals surface area (Å²) in [4.78, 5) is 14.3. The number of hydrogen-bond acceptors (Lipinski definition) is 4. The van der Waals surface area contributed by atoms with Crippen molar-refractivity contribution in [1.29, 1.82) is 0 Å². The lowest BCUT2D eigenvalue weighted by atomic mass is 10.1. The number of terminal acetylenes is 1. The first-order chi connectivity index (χ1) is 16.2. The third kappa shape index (κ3) is 3.24. The molecular weight excluding hydrogens is 406 g/mol. The molecule has 5 heteroatoms. The second kappa shape index (κ2) is 7.61. The van der Waals surface area contributed by atoms with Crippen molar-refractivity contribution < 1.29 is 0 Å². The summed E-state index contributed by atoms with van der Waals surface area (Å²) in [5.41, 5.74) is 15.1. The van der Waals surface area contributed by atoms with Crippen LogP contribution < -0.4 is 5.73 Å². The second-order valence-corrected chi connectivity index (χ2v) is 8.28. The highest BCUT2D eigenvalue weighted by molar-refractivity contribution is 5.84. The van der Waals surface area contributed by atoms with Crippen molar-refractivity contribution in [3.05, 3.63) is 89.6 Å². The van der Waals surface area contributed by atoms with Crippen LogP contribution in [0.5, 0.6) is 0 Å². The van der Waals surface area contributed by atoms with E-state index in [0.29, 0.717) is 5.82 Å². The number of nitrogens with two attached hydrogens (primary N) is 1. The van der Waals surface area contributed by atoms with E-state index < -0.39 is 0 Å². The van der Waals surface area contributed by atoms with Crippen LogP contribution in [0.3, 0.4) is 0 Å². The molecule has 33 heavy (non-hydrogen) atoms. The van der Waals surface area contributed by atoms with Crippen LogP contribution in [0, 0.1) is 12.3 Å². The average molecular weight is 428 g/mol. The van der Waals surface area contributed by atoms with E-state index in [-0.39, 0.29) is 0 Å². The Hall–Kier alpha value is -4.43. The number of benzene rings is 2. The van der Waals surface area contributed by atoms with Crippen molar-refractivity contribution in [2.24, 2.45) is 0 Å². The van der Waals surface area contributed by atoms with Crippen LogP contribution in [0.25, 0.3) is 39.5 Å². The zero-order chi connectivity index (χ0) is 22.4. The minimum Gasteiger partial charge on any atom is -0.383 e. The van der Waals surface area contributed by atoms with Crippen LogP contribution in [-0.4, -0.2) is 19.5 Å². The molecule has 158 valence electrons. The third-order valence-electron chi connectivity index (χ3n) is 6.25. The van der Waals surface area contributed by atoms with E-state index in [1.54, 1.807) is 6.20 Å². The Morgan fingerprint density at radius 3 is 2.70 bits per heavy atom. The molecule has 0 saturated heterocycles. The maximum absolute atomic E-state index is 6.26. The van der Waals surface area contributed by atoms with Crippen molar-refractivity contribution in [2.45, 2.75) is 19.3 Å². The minimum absolute atomic E-state index is 0.442. The van der Waals surface area contributed by atoms with E-state index >= 15 is 0 Å². The van der Waals surface area contributed by atoms with Gasteiger partial charge in [-0.15, -0.1) is 6.42 Å². The molecule has 1 aliphatic rings. The fraction of sp³-hybridized carbons (Fsp3) is 0.107. The Morgan fingerprint density at radius 1 is 0.909 bits per heavy atom. The van der Waals surface area contributed by atoms with Crippen molar-refractivity contribution >= 4 is 17.0 Å². The largest absolute Gasteiger partial charge is 0.383 e. The van der Waals surface area contributed by atoms with Gasteiger partial charge in [0.25, 0.3) is 0 Å². The molecule has 0 unspecified atom stereocenters. The summed E-state index contributed by atoms with van der Waals surface area (Å²) < 4.78 is 2.09. The van der Waals surface area contributed by atoms with E-state index in [0.717, 1.165) is 57.9 Å². The summed E-state index contributed by atoms with van der Waals surface area (Å²) in [5, 5.41) is 0. The molecule has 2 aromatic carbocycles. The van der Waals surface area contributed by atoms with Gasteiger partial charge in [0.2, 0.25) is 0 Å². The molecular formula is C28H21N5. The summed E-state index contributed by atoms with van der Waals surface area (Å²) >= 11 is 0. The molecule has 1 aliphatic carbocycles. The predicted octanol–water partition coefficient (Wildman–Crippen LogP) is 5.20. The normalized spacial score (nSPS) is 12.6. The zero-order valence-corrected chi connectivity index (χ0v) is 18.0. The number of fused-ring (bicyclic) bond motifs is 2. The molecule has 0 spiro atoms. The molecule has 0 aliphatic heterocycles. The van der Waals surface area contributed by atoms with Crippen molar-refractivity contribution in [3.63, 3.8) is 0 Å². The quantitative estimate of drug-likeness (QED) is 0.402. The van der Waals surface area contributed by atoms with Crippen molar-refractivity contribution in [3.8, 4) is 40.7 Å². The van der Waals surface area contributed by atoms with Crippen LogP contribution in [0.2, 0.25) is 0 Å². The Labute approximate surface area is 192 Å². The first kappa shape index (κ1) is 19.3. The van der Waals surface area contributed by atoms with E-state index in [2.05, 4.69) is 33.7 Å². The molecule has 5 nitrogen and oxygen atoms in total. The monoisotopic (exact) mass is 427 g/mol. The van der Waals surface area contributed by atoms with Gasteiger partial charge in [-0.05, 0) is 78.9 Å². The first-order valence-corrected chi connectivity index (χ1v) is 11.0. The molecule has 0 amide bonds. The van der Waals surface area contributed by atoms with Gasteiger partial charge >= 0.3 is 0 Å². The molecule has 0 atom stereocenters. The van der Waals surface area contributed by atoms with Gasteiger partial charge in [-0.3, -0.25) is 4.57 Å². The van der Waals surface area contributed by atoms with E-state index in [4.69, 9.17) is 22.1 Å². The SMILES string of the molecule is C#Cc1cccc(-c2ccc3nc(-c4cccnc4N)n(-c4ccc5c(c4)CCC5)c3n2)c1. The van der Waals surface area contributed by atoms with Gasteiger partial charge < -0.3 is 5.73 Å². The number of nitrogens with zero attached hydrogens (tertiary/aromatic N) is 4. The molecule has 3 heterocycles. The Morgan fingerprint density at radius 2 is 1.82 bits per heavy atom. The highest BCUT2D eigenvalue weighted by atomic mass is 15.1. The summed E-state index contributed by atoms with van der Waals surface area (Å²) in [7, 11) is 0. The highest BCUT2D eigenvalue weighted by Gasteiger charge is 2.20. The fourth-order valence-electron chi connectivity index (χ4n) is 4.62. The summed E-state index contributed by atoms with van der Waals surface area (Å²) in [5.74, 6) is 3.87. The lowest BCUT2D eigenvalue weighted by molar-refractivity contribution is 0.911. The standard InChI is InChI=1S/C28H21N5/c1-2-18-6-3-9-21(16-18)24-13-14-25-28(31-24)33(22-12-11-19-7-4-8-20(19)17-22)27(32-25)23-10-5-15-30-26(23)29/h1,3,5-6,9-17H,4,7-8H2,(H2,29,30). The molecule has 0 fully saturated rings. The van der Waals surface area contributed by atoms with E-state index in [9.17, 15) is 0 Å². The first-order valence-electron chi connectivity index (χ1n) is 11.0. The molecule has 6 rings (SSSR count). The molecule has 3 aromatic heterocycles. The Balaban J connectivity index is 1.62. The topological polar surface area (TPSA) is 69.6 Å². The number of rotatable bonds is 3. The Bertz CT molecular complexity index is 1570. The number of imidazole rings is 1. The molecule has 2 N–H and O–H groups in total. The van der Waals surface area contributed by atoms with E-state index in [1.165, 1.54) is 17.5 Å². The van der Waals surface area contributed by atoms with Gasteiger partial charge in [0.05, 0.1) is 11.3 Å². The number of hydrogen-bond donors (Lipinski definition) is 1. The maximum atomic E-state index is 6.26. The molecule has 0 saturated carbocycles. The van der Waals surface area contributed by atoms with Gasteiger partial charge in [-0.1, -0.05) is 24.1 Å². The van der Waals surface area contributed by atoms with Crippen LogP contribution in [0.4, 0.5) is 5.82 Å². The minimum atomic E-state index is 0.442. The van der Waals surface area contributed by atoms with Crippen LogP contribution in [0.15, 0.2) is 72.9 Å². The second-order valence-electron chi connectivity index (χ2n) is 8.28. The highest BCUT2D eigenvalue weighted by Crippen LogP contribution is 2.33. The average Bonchev–Trinajstić information content (AvgIpc) is 3.48. The van der Waals surface area contributed by atoms with Crippen molar-refractivity contribution in [1.82, 2.24) is 19.5 Å². The molecule has 5 aromatic rings. The summed E-state index contributed by atoms with van der Waals surface area (Å²) in [6.45, 7) is 0.